The third kappa shape index (κ3) is 6.82. The van der Waals surface area contributed by atoms with E-state index in [2.05, 4.69) is 10.6 Å². The fourth-order valence-corrected chi connectivity index (χ4v) is 5.82. The van der Waals surface area contributed by atoms with Crippen molar-refractivity contribution in [1.29, 1.82) is 0 Å². The van der Waals surface area contributed by atoms with Gasteiger partial charge in [-0.1, -0.05) is 42.0 Å². The second-order valence-electron chi connectivity index (χ2n) is 8.63. The largest absolute Gasteiger partial charge is 0.417 e. The molecular weight excluding hydrogens is 483 g/mol. The second kappa shape index (κ2) is 10.8. The van der Waals surface area contributed by atoms with Crippen LogP contribution in [0.1, 0.15) is 36.5 Å². The Kier molecular flexibility index (Phi) is 8.22. The summed E-state index contributed by atoms with van der Waals surface area (Å²) < 4.78 is 66.9. The normalized spacial score (nSPS) is 16.5. The molecular formula is C24H28F3N3O4S. The molecule has 0 aliphatic carbocycles. The number of carbonyl (C=O) groups excluding carboxylic acids is 2. The fourth-order valence-electron chi connectivity index (χ4n) is 4.14. The summed E-state index contributed by atoms with van der Waals surface area (Å²) >= 11 is 0. The van der Waals surface area contributed by atoms with Gasteiger partial charge in [0.1, 0.15) is 6.04 Å². The van der Waals surface area contributed by atoms with E-state index in [4.69, 9.17) is 0 Å². The maximum atomic E-state index is 13.3. The van der Waals surface area contributed by atoms with Crippen molar-refractivity contribution >= 4 is 21.8 Å². The van der Waals surface area contributed by atoms with Crippen molar-refractivity contribution in [2.75, 3.05) is 13.1 Å². The van der Waals surface area contributed by atoms with Crippen LogP contribution in [0, 0.1) is 6.92 Å². The third-order valence-corrected chi connectivity index (χ3v) is 7.78. The Morgan fingerprint density at radius 3 is 2.34 bits per heavy atom. The molecule has 0 aromatic heterocycles. The molecule has 2 aromatic rings. The van der Waals surface area contributed by atoms with Crippen LogP contribution in [-0.4, -0.2) is 49.7 Å². The number of nitrogens with zero attached hydrogens (tertiary/aromatic N) is 1. The molecule has 1 saturated heterocycles. The fraction of sp³-hybridized carbons (Fsp3) is 0.417. The Labute approximate surface area is 202 Å². The first kappa shape index (κ1) is 26.7. The summed E-state index contributed by atoms with van der Waals surface area (Å²) in [6, 6.07) is 10.5. The highest BCUT2D eigenvalue weighted by Crippen LogP contribution is 2.35. The van der Waals surface area contributed by atoms with Crippen LogP contribution in [-0.2, 0) is 32.2 Å². The molecule has 0 spiro atoms. The van der Waals surface area contributed by atoms with E-state index in [1.807, 2.05) is 31.2 Å². The van der Waals surface area contributed by atoms with Crippen molar-refractivity contribution < 1.29 is 31.2 Å². The smallest absolute Gasteiger partial charge is 0.351 e. The predicted molar refractivity (Wildman–Crippen MR) is 124 cm³/mol. The molecule has 0 saturated carbocycles. The zero-order chi connectivity index (χ0) is 25.8. The van der Waals surface area contributed by atoms with E-state index in [9.17, 15) is 31.2 Å². The first-order valence-electron chi connectivity index (χ1n) is 11.2. The average molecular weight is 512 g/mol. The molecule has 2 N–H and O–H groups in total. The molecule has 2 amide bonds. The van der Waals surface area contributed by atoms with Crippen LogP contribution in [0.25, 0.3) is 0 Å². The van der Waals surface area contributed by atoms with Crippen LogP contribution in [0.4, 0.5) is 13.2 Å². The highest BCUT2D eigenvalue weighted by Gasteiger charge is 2.39. The van der Waals surface area contributed by atoms with E-state index in [0.29, 0.717) is 0 Å². The number of aryl methyl sites for hydroxylation is 1. The summed E-state index contributed by atoms with van der Waals surface area (Å²) in [4.78, 5) is 23.8. The zero-order valence-electron chi connectivity index (χ0n) is 19.4. The van der Waals surface area contributed by atoms with Crippen molar-refractivity contribution in [3.8, 4) is 0 Å². The summed E-state index contributed by atoms with van der Waals surface area (Å²) in [6.07, 6.45) is -4.05. The van der Waals surface area contributed by atoms with Gasteiger partial charge < -0.3 is 10.6 Å². The van der Waals surface area contributed by atoms with Gasteiger partial charge in [0.2, 0.25) is 21.8 Å². The van der Waals surface area contributed by atoms with Gasteiger partial charge in [0.25, 0.3) is 0 Å². The molecule has 3 rings (SSSR count). The molecule has 1 atom stereocenters. The highest BCUT2D eigenvalue weighted by molar-refractivity contribution is 7.89. The number of halogens is 3. The molecule has 0 radical (unpaired) electrons. The molecule has 0 bridgehead atoms. The number of amides is 2. The third-order valence-electron chi connectivity index (χ3n) is 5.83. The van der Waals surface area contributed by atoms with Crippen molar-refractivity contribution in [3.63, 3.8) is 0 Å². The van der Waals surface area contributed by atoms with Gasteiger partial charge in [0, 0.05) is 32.5 Å². The van der Waals surface area contributed by atoms with Crippen molar-refractivity contribution in [3.05, 3.63) is 65.2 Å². The van der Waals surface area contributed by atoms with Crippen LogP contribution in [0.3, 0.4) is 0 Å². The maximum Gasteiger partial charge on any atom is 0.417 e. The van der Waals surface area contributed by atoms with Crippen molar-refractivity contribution in [2.45, 2.75) is 56.3 Å². The molecule has 1 fully saturated rings. The number of hydrogen-bond donors (Lipinski definition) is 2. The minimum absolute atomic E-state index is 0.0395. The predicted octanol–water partition coefficient (Wildman–Crippen LogP) is 3.03. The Hall–Kier alpha value is -2.92. The molecule has 190 valence electrons. The summed E-state index contributed by atoms with van der Waals surface area (Å²) in [5.74, 6) is -0.757. The lowest BCUT2D eigenvalue weighted by Crippen LogP contribution is -2.53. The van der Waals surface area contributed by atoms with E-state index in [1.165, 1.54) is 13.0 Å². The molecule has 2 aromatic carbocycles. The minimum atomic E-state index is -4.80. The van der Waals surface area contributed by atoms with Gasteiger partial charge in [-0.3, -0.25) is 9.59 Å². The lowest BCUT2D eigenvalue weighted by atomic mass is 10.0. The van der Waals surface area contributed by atoms with Crippen molar-refractivity contribution in [2.24, 2.45) is 0 Å². The van der Waals surface area contributed by atoms with Gasteiger partial charge in [0.05, 0.1) is 10.5 Å². The highest BCUT2D eigenvalue weighted by atomic mass is 32.2. The molecule has 35 heavy (non-hydrogen) atoms. The summed E-state index contributed by atoms with van der Waals surface area (Å²) in [7, 11) is -4.36. The number of hydrogen-bond acceptors (Lipinski definition) is 4. The average Bonchev–Trinajstić information content (AvgIpc) is 2.78. The second-order valence-corrected chi connectivity index (χ2v) is 10.5. The van der Waals surface area contributed by atoms with E-state index >= 15 is 0 Å². The van der Waals surface area contributed by atoms with E-state index in [-0.39, 0.29) is 44.3 Å². The number of carbonyl (C=O) groups is 2. The van der Waals surface area contributed by atoms with Gasteiger partial charge in [-0.25, -0.2) is 8.42 Å². The quantitative estimate of drug-likeness (QED) is 0.598. The summed E-state index contributed by atoms with van der Waals surface area (Å²) in [6.45, 7) is 3.16. The Balaban J connectivity index is 1.66. The number of rotatable bonds is 7. The maximum absolute atomic E-state index is 13.3. The summed E-state index contributed by atoms with van der Waals surface area (Å²) in [5.41, 5.74) is 0.693. The van der Waals surface area contributed by atoms with Crippen LogP contribution < -0.4 is 10.6 Å². The first-order chi connectivity index (χ1) is 16.4. The number of piperidine rings is 1. The van der Waals surface area contributed by atoms with Gasteiger partial charge in [-0.05, 0) is 37.5 Å². The number of benzene rings is 2. The molecule has 1 aliphatic heterocycles. The van der Waals surface area contributed by atoms with E-state index in [1.54, 1.807) is 0 Å². The van der Waals surface area contributed by atoms with Gasteiger partial charge in [-0.15, -0.1) is 0 Å². The Morgan fingerprint density at radius 1 is 1.09 bits per heavy atom. The van der Waals surface area contributed by atoms with E-state index < -0.39 is 38.6 Å². The number of alkyl halides is 3. The van der Waals surface area contributed by atoms with Gasteiger partial charge in [-0.2, -0.15) is 17.5 Å². The zero-order valence-corrected chi connectivity index (χ0v) is 20.2. The van der Waals surface area contributed by atoms with Crippen LogP contribution >= 0.6 is 0 Å². The standard InChI is InChI=1S/C24H28F3N3O4S/c1-16-6-5-7-18(14-16)15-21(28-17(2)31)23(32)29-19-10-12-30(13-11-19)35(33,34)22-9-4-3-8-20(22)24(25,26)27/h3-9,14,19,21H,10-13,15H2,1-2H3,(H,28,31)(H,29,32)/t21-/m0/s1. The van der Waals surface area contributed by atoms with Gasteiger partial charge >= 0.3 is 6.18 Å². The lowest BCUT2D eigenvalue weighted by Gasteiger charge is -2.33. The molecule has 11 heteroatoms. The van der Waals surface area contributed by atoms with E-state index in [0.717, 1.165) is 33.6 Å². The van der Waals surface area contributed by atoms with Crippen LogP contribution in [0.15, 0.2) is 53.4 Å². The number of sulfonamides is 1. The molecule has 1 aliphatic rings. The Morgan fingerprint density at radius 2 is 1.74 bits per heavy atom. The van der Waals surface area contributed by atoms with Crippen LogP contribution in [0.5, 0.6) is 0 Å². The molecule has 7 nitrogen and oxygen atoms in total. The van der Waals surface area contributed by atoms with Gasteiger partial charge in [0.15, 0.2) is 0 Å². The topological polar surface area (TPSA) is 95.6 Å². The minimum Gasteiger partial charge on any atom is -0.351 e. The van der Waals surface area contributed by atoms with Crippen LogP contribution in [0.2, 0.25) is 0 Å². The summed E-state index contributed by atoms with van der Waals surface area (Å²) in [5, 5.41) is 5.50. The SMILES string of the molecule is CC(=O)N[C@@H](Cc1cccc(C)c1)C(=O)NC1CCN(S(=O)(=O)c2ccccc2C(F)(F)F)CC1. The first-order valence-corrected chi connectivity index (χ1v) is 12.6. The molecule has 1 heterocycles. The monoisotopic (exact) mass is 511 g/mol. The lowest BCUT2D eigenvalue weighted by molar-refractivity contribution is -0.140. The number of nitrogens with one attached hydrogen (secondary N) is 2. The molecule has 0 unspecified atom stereocenters. The van der Waals surface area contributed by atoms with Crippen molar-refractivity contribution in [1.82, 2.24) is 14.9 Å². The Bertz CT molecular complexity index is 1180.